The van der Waals surface area contributed by atoms with Crippen molar-refractivity contribution in [1.29, 1.82) is 0 Å². The molecule has 0 radical (unpaired) electrons. The Morgan fingerprint density at radius 2 is 2.25 bits per heavy atom. The molecule has 2 heterocycles. The molecule has 3 rings (SSSR count). The summed E-state index contributed by atoms with van der Waals surface area (Å²) in [5.74, 6) is 0.508. The number of benzene rings is 1. The fourth-order valence-electron chi connectivity index (χ4n) is 2.21. The van der Waals surface area contributed by atoms with E-state index in [2.05, 4.69) is 9.97 Å². The molecule has 0 aliphatic carbocycles. The van der Waals surface area contributed by atoms with Crippen LogP contribution in [0.2, 0.25) is 0 Å². The van der Waals surface area contributed by atoms with E-state index in [0.717, 1.165) is 16.2 Å². The molecule has 0 saturated heterocycles. The van der Waals surface area contributed by atoms with Gasteiger partial charge in [0.2, 0.25) is 0 Å². The van der Waals surface area contributed by atoms with E-state index in [0.29, 0.717) is 17.6 Å². The van der Waals surface area contributed by atoms with Gasteiger partial charge in [0.1, 0.15) is 11.6 Å². The van der Waals surface area contributed by atoms with Gasteiger partial charge in [-0.25, -0.2) is 9.37 Å². The third-order valence-corrected chi connectivity index (χ3v) is 4.17. The average Bonchev–Trinajstić information content (AvgIpc) is 3.00. The molecule has 0 bridgehead atoms. The van der Waals surface area contributed by atoms with E-state index in [9.17, 15) is 4.39 Å². The van der Waals surface area contributed by atoms with Crippen LogP contribution in [-0.2, 0) is 6.54 Å². The maximum atomic E-state index is 13.7. The minimum absolute atomic E-state index is 0.237. The van der Waals surface area contributed by atoms with Crippen molar-refractivity contribution in [3.63, 3.8) is 0 Å². The third-order valence-electron chi connectivity index (χ3n) is 3.21. The van der Waals surface area contributed by atoms with Gasteiger partial charge in [0.05, 0.1) is 28.5 Å². The molecule has 0 aliphatic heterocycles. The number of imidazole rings is 1. The number of halogens is 2. The van der Waals surface area contributed by atoms with Crippen molar-refractivity contribution in [2.45, 2.75) is 25.8 Å². The highest BCUT2D eigenvalue weighted by Gasteiger charge is 2.17. The van der Waals surface area contributed by atoms with E-state index in [-0.39, 0.29) is 11.2 Å². The van der Waals surface area contributed by atoms with Crippen LogP contribution in [0.25, 0.3) is 11.0 Å². The molecular formula is C14H13ClFN3S. The van der Waals surface area contributed by atoms with E-state index in [1.54, 1.807) is 23.8 Å². The number of rotatable bonds is 3. The van der Waals surface area contributed by atoms with Crippen LogP contribution < -0.4 is 0 Å². The summed E-state index contributed by atoms with van der Waals surface area (Å²) >= 11 is 7.79. The number of fused-ring (bicyclic) bond motifs is 1. The predicted octanol–water partition coefficient (Wildman–Crippen LogP) is 4.29. The Kier molecular flexibility index (Phi) is 3.48. The highest BCUT2D eigenvalue weighted by atomic mass is 35.5. The topological polar surface area (TPSA) is 30.7 Å². The van der Waals surface area contributed by atoms with Crippen molar-refractivity contribution in [3.8, 4) is 0 Å². The number of nitrogens with zero attached hydrogens (tertiary/aromatic N) is 3. The highest BCUT2D eigenvalue weighted by Crippen LogP contribution is 2.27. The number of alkyl halides is 1. The Labute approximate surface area is 125 Å². The largest absolute Gasteiger partial charge is 0.321 e. The van der Waals surface area contributed by atoms with Crippen LogP contribution in [0.5, 0.6) is 0 Å². The first-order valence-corrected chi connectivity index (χ1v) is 7.55. The molecule has 0 aliphatic rings. The van der Waals surface area contributed by atoms with Crippen molar-refractivity contribution in [1.82, 2.24) is 14.5 Å². The minimum atomic E-state index is -0.242. The lowest BCUT2D eigenvalue weighted by molar-refractivity contribution is 0.620. The summed E-state index contributed by atoms with van der Waals surface area (Å²) in [5, 5.41) is -0.237. The first-order chi connectivity index (χ1) is 9.56. The van der Waals surface area contributed by atoms with E-state index >= 15 is 0 Å². The van der Waals surface area contributed by atoms with Crippen molar-refractivity contribution in [2.24, 2.45) is 0 Å². The van der Waals surface area contributed by atoms with E-state index in [1.807, 2.05) is 23.8 Å². The molecule has 0 fully saturated rings. The van der Waals surface area contributed by atoms with Crippen LogP contribution in [0.4, 0.5) is 4.39 Å². The molecule has 6 heteroatoms. The molecule has 3 aromatic rings. The summed E-state index contributed by atoms with van der Waals surface area (Å²) in [5.41, 5.74) is 3.94. The number of hydrogen-bond donors (Lipinski definition) is 0. The van der Waals surface area contributed by atoms with Gasteiger partial charge in [-0.05, 0) is 25.5 Å². The number of aromatic nitrogens is 3. The second-order valence-corrected chi connectivity index (χ2v) is 6.36. The van der Waals surface area contributed by atoms with Gasteiger partial charge in [-0.1, -0.05) is 0 Å². The summed E-state index contributed by atoms with van der Waals surface area (Å²) in [6.45, 7) is 4.27. The Hall–Kier alpha value is -1.46. The molecule has 0 spiro atoms. The molecule has 104 valence electrons. The average molecular weight is 310 g/mol. The van der Waals surface area contributed by atoms with Crippen molar-refractivity contribution >= 4 is 34.0 Å². The van der Waals surface area contributed by atoms with Crippen molar-refractivity contribution < 1.29 is 4.39 Å². The smallest absolute Gasteiger partial charge is 0.128 e. The Morgan fingerprint density at radius 1 is 1.45 bits per heavy atom. The maximum absolute atomic E-state index is 13.7. The fourth-order valence-corrected chi connectivity index (χ4v) is 2.96. The first kappa shape index (κ1) is 13.5. The molecule has 0 amide bonds. The van der Waals surface area contributed by atoms with Gasteiger partial charge in [-0.3, -0.25) is 4.98 Å². The zero-order valence-corrected chi connectivity index (χ0v) is 12.7. The molecule has 1 atom stereocenters. The molecule has 1 unspecified atom stereocenters. The molecule has 0 N–H and O–H groups in total. The monoisotopic (exact) mass is 309 g/mol. The normalized spacial score (nSPS) is 13.0. The second-order valence-electron chi connectivity index (χ2n) is 4.73. The summed E-state index contributed by atoms with van der Waals surface area (Å²) < 4.78 is 15.7. The predicted molar refractivity (Wildman–Crippen MR) is 79.9 cm³/mol. The van der Waals surface area contributed by atoms with Gasteiger partial charge in [-0.15, -0.1) is 22.9 Å². The fraction of sp³-hybridized carbons (Fsp3) is 0.286. The molecule has 0 saturated carbocycles. The van der Waals surface area contributed by atoms with E-state index in [4.69, 9.17) is 11.6 Å². The number of thiazole rings is 1. The molecule has 20 heavy (non-hydrogen) atoms. The van der Waals surface area contributed by atoms with Crippen LogP contribution >= 0.6 is 22.9 Å². The molecule has 1 aromatic carbocycles. The van der Waals surface area contributed by atoms with Gasteiger partial charge >= 0.3 is 0 Å². The van der Waals surface area contributed by atoms with Crippen LogP contribution in [0, 0.1) is 12.7 Å². The number of aryl methyl sites for hydroxylation is 1. The lowest BCUT2D eigenvalue weighted by atomic mass is 10.2. The lowest BCUT2D eigenvalue weighted by Crippen LogP contribution is -2.04. The third kappa shape index (κ3) is 2.31. The molecular weight excluding hydrogens is 297 g/mol. The summed E-state index contributed by atoms with van der Waals surface area (Å²) in [6, 6.07) is 3.29. The summed E-state index contributed by atoms with van der Waals surface area (Å²) in [7, 11) is 0. The molecule has 3 nitrogen and oxygen atoms in total. The van der Waals surface area contributed by atoms with Gasteiger partial charge in [0.25, 0.3) is 0 Å². The zero-order valence-electron chi connectivity index (χ0n) is 11.1. The van der Waals surface area contributed by atoms with Crippen LogP contribution in [0.1, 0.15) is 28.6 Å². The molecule has 2 aromatic heterocycles. The van der Waals surface area contributed by atoms with E-state index < -0.39 is 0 Å². The minimum Gasteiger partial charge on any atom is -0.321 e. The Morgan fingerprint density at radius 3 is 2.90 bits per heavy atom. The van der Waals surface area contributed by atoms with Crippen molar-refractivity contribution in [2.75, 3.05) is 0 Å². The van der Waals surface area contributed by atoms with E-state index in [1.165, 1.54) is 6.07 Å². The van der Waals surface area contributed by atoms with Crippen LogP contribution in [0.3, 0.4) is 0 Å². The van der Waals surface area contributed by atoms with Gasteiger partial charge < -0.3 is 4.57 Å². The SMILES string of the molecule is Cc1cc2c(cc1F)nc(C(C)Cl)n2Cc1cncs1. The summed E-state index contributed by atoms with van der Waals surface area (Å²) in [4.78, 5) is 9.67. The summed E-state index contributed by atoms with van der Waals surface area (Å²) in [6.07, 6.45) is 1.83. The highest BCUT2D eigenvalue weighted by molar-refractivity contribution is 7.09. The maximum Gasteiger partial charge on any atom is 0.128 e. The standard InChI is InChI=1S/C14H13ClFN3S/c1-8-3-13-12(4-11(8)16)18-14(9(2)15)19(13)6-10-5-17-7-20-10/h3-5,7,9H,6H2,1-2H3. The van der Waals surface area contributed by atoms with Gasteiger partial charge in [-0.2, -0.15) is 0 Å². The Balaban J connectivity index is 2.20. The van der Waals surface area contributed by atoms with Crippen LogP contribution in [-0.4, -0.2) is 14.5 Å². The first-order valence-electron chi connectivity index (χ1n) is 6.24. The lowest BCUT2D eigenvalue weighted by Gasteiger charge is -2.09. The van der Waals surface area contributed by atoms with Gasteiger partial charge in [0, 0.05) is 17.1 Å². The van der Waals surface area contributed by atoms with Crippen LogP contribution in [0.15, 0.2) is 23.8 Å². The number of hydrogen-bond acceptors (Lipinski definition) is 3. The van der Waals surface area contributed by atoms with Crippen molar-refractivity contribution in [3.05, 3.63) is 45.9 Å². The Bertz CT molecular complexity index is 749. The quantitative estimate of drug-likeness (QED) is 0.676. The zero-order chi connectivity index (χ0) is 14.3. The van der Waals surface area contributed by atoms with Gasteiger partial charge in [0.15, 0.2) is 0 Å². The second kappa shape index (κ2) is 5.14.